The minimum absolute atomic E-state index is 0.0742. The highest BCUT2D eigenvalue weighted by molar-refractivity contribution is 7.18. The number of hydrogen-bond acceptors (Lipinski definition) is 3. The van der Waals surface area contributed by atoms with Gasteiger partial charge in [0.05, 0.1) is 11.6 Å². The van der Waals surface area contributed by atoms with Gasteiger partial charge < -0.3 is 4.42 Å². The molecule has 0 unspecified atom stereocenters. The van der Waals surface area contributed by atoms with Crippen LogP contribution < -0.4 is 4.74 Å². The Kier molecular flexibility index (Phi) is 2.09. The molecule has 0 amide bonds. The molecule has 0 spiro atoms. The van der Waals surface area contributed by atoms with E-state index in [2.05, 4.69) is 18.2 Å². The van der Waals surface area contributed by atoms with Crippen molar-refractivity contribution in [3.63, 3.8) is 0 Å². The van der Waals surface area contributed by atoms with Crippen LogP contribution >= 0.6 is 11.3 Å². The Bertz CT molecular complexity index is 992. The maximum atomic E-state index is 12.3. The third-order valence-electron chi connectivity index (χ3n) is 3.50. The molecule has 0 aliphatic heterocycles. The van der Waals surface area contributed by atoms with E-state index < -0.39 is 0 Å². The Morgan fingerprint density at radius 2 is 1.89 bits per heavy atom. The number of rotatable bonds is 0. The number of hydrogen-bond donors (Lipinski definition) is 0. The fourth-order valence-corrected chi connectivity index (χ4v) is 3.68. The van der Waals surface area contributed by atoms with Crippen molar-refractivity contribution in [3.8, 4) is 0 Å². The van der Waals surface area contributed by atoms with Crippen molar-refractivity contribution in [1.29, 1.82) is 0 Å². The summed E-state index contributed by atoms with van der Waals surface area (Å²) in [5.74, 6) is 0. The van der Waals surface area contributed by atoms with Crippen LogP contribution in [-0.2, 0) is 0 Å². The average Bonchev–Trinajstić information content (AvgIpc) is 2.82. The SMILES string of the molecule is Cc1coc2c1c(=O)sc1c3ccccc3ccc21. The van der Waals surface area contributed by atoms with Gasteiger partial charge in [0.2, 0.25) is 4.74 Å². The topological polar surface area (TPSA) is 30.2 Å². The van der Waals surface area contributed by atoms with Crippen LogP contribution in [0.15, 0.2) is 51.9 Å². The molecule has 0 saturated heterocycles. The van der Waals surface area contributed by atoms with Crippen molar-refractivity contribution >= 4 is 43.2 Å². The molecule has 0 radical (unpaired) electrons. The standard InChI is InChI=1S/C16H10O2S/c1-9-8-18-14-12-7-6-10-4-2-3-5-11(10)15(12)19-16(17)13(9)14/h2-8H,1H3. The zero-order valence-electron chi connectivity index (χ0n) is 10.3. The van der Waals surface area contributed by atoms with E-state index in [1.54, 1.807) is 6.26 Å². The lowest BCUT2D eigenvalue weighted by Crippen LogP contribution is -1.95. The molecule has 2 nitrogen and oxygen atoms in total. The van der Waals surface area contributed by atoms with Crippen molar-refractivity contribution < 1.29 is 4.42 Å². The minimum Gasteiger partial charge on any atom is -0.463 e. The highest BCUT2D eigenvalue weighted by atomic mass is 32.1. The van der Waals surface area contributed by atoms with Gasteiger partial charge >= 0.3 is 0 Å². The van der Waals surface area contributed by atoms with E-state index in [9.17, 15) is 4.79 Å². The van der Waals surface area contributed by atoms with Gasteiger partial charge in [-0.25, -0.2) is 0 Å². The van der Waals surface area contributed by atoms with Gasteiger partial charge in [-0.1, -0.05) is 41.7 Å². The molecular weight excluding hydrogens is 256 g/mol. The molecule has 2 aromatic heterocycles. The number of benzene rings is 2. The Morgan fingerprint density at radius 3 is 2.79 bits per heavy atom. The number of furan rings is 1. The first-order valence-electron chi connectivity index (χ1n) is 6.08. The second-order valence-corrected chi connectivity index (χ2v) is 5.66. The second kappa shape index (κ2) is 3.68. The summed E-state index contributed by atoms with van der Waals surface area (Å²) in [5.41, 5.74) is 1.62. The lowest BCUT2D eigenvalue weighted by molar-refractivity contribution is 0.616. The summed E-state index contributed by atoms with van der Waals surface area (Å²) in [5, 5.41) is 3.99. The fraction of sp³-hybridized carbons (Fsp3) is 0.0625. The van der Waals surface area contributed by atoms with Gasteiger partial charge in [-0.15, -0.1) is 0 Å². The quantitative estimate of drug-likeness (QED) is 0.440. The summed E-state index contributed by atoms with van der Waals surface area (Å²) in [6.45, 7) is 1.91. The van der Waals surface area contributed by atoms with E-state index in [4.69, 9.17) is 4.42 Å². The Labute approximate surface area is 112 Å². The summed E-state index contributed by atoms with van der Waals surface area (Å²) in [6, 6.07) is 12.2. The van der Waals surface area contributed by atoms with E-state index in [-0.39, 0.29) is 4.74 Å². The van der Waals surface area contributed by atoms with Crippen LogP contribution in [0.4, 0.5) is 0 Å². The summed E-state index contributed by atoms with van der Waals surface area (Å²) in [7, 11) is 0. The molecule has 3 heteroatoms. The highest BCUT2D eigenvalue weighted by Crippen LogP contribution is 2.33. The lowest BCUT2D eigenvalue weighted by Gasteiger charge is -2.03. The molecule has 92 valence electrons. The zero-order chi connectivity index (χ0) is 13.0. The van der Waals surface area contributed by atoms with Crippen LogP contribution in [0.3, 0.4) is 0 Å². The predicted octanol–water partition coefficient (Wildman–Crippen LogP) is 4.47. The summed E-state index contributed by atoms with van der Waals surface area (Å²) < 4.78 is 6.68. The Balaban J connectivity index is 2.37. The van der Waals surface area contributed by atoms with Crippen molar-refractivity contribution in [3.05, 3.63) is 57.8 Å². The van der Waals surface area contributed by atoms with Crippen LogP contribution in [0.1, 0.15) is 5.56 Å². The van der Waals surface area contributed by atoms with Crippen molar-refractivity contribution in [2.24, 2.45) is 0 Å². The maximum absolute atomic E-state index is 12.3. The van der Waals surface area contributed by atoms with Gasteiger partial charge in [-0.05, 0) is 29.3 Å². The van der Waals surface area contributed by atoms with Crippen LogP contribution in [0.25, 0.3) is 31.8 Å². The van der Waals surface area contributed by atoms with E-state index in [0.717, 1.165) is 26.4 Å². The monoisotopic (exact) mass is 266 g/mol. The van der Waals surface area contributed by atoms with Gasteiger partial charge in [0.15, 0.2) is 0 Å². The molecule has 0 aliphatic rings. The average molecular weight is 266 g/mol. The normalized spacial score (nSPS) is 11.6. The highest BCUT2D eigenvalue weighted by Gasteiger charge is 2.13. The molecule has 0 atom stereocenters. The molecule has 0 aliphatic carbocycles. The Morgan fingerprint density at radius 1 is 1.05 bits per heavy atom. The number of aryl methyl sites for hydroxylation is 1. The molecule has 0 saturated carbocycles. The zero-order valence-corrected chi connectivity index (χ0v) is 11.1. The number of fused-ring (bicyclic) bond motifs is 5. The van der Waals surface area contributed by atoms with E-state index in [1.807, 2.05) is 25.1 Å². The molecule has 2 aromatic carbocycles. The molecule has 0 bridgehead atoms. The van der Waals surface area contributed by atoms with Gasteiger partial charge in [-0.2, -0.15) is 0 Å². The van der Waals surface area contributed by atoms with Crippen LogP contribution in [0.2, 0.25) is 0 Å². The van der Waals surface area contributed by atoms with E-state index in [1.165, 1.54) is 11.3 Å². The van der Waals surface area contributed by atoms with Gasteiger partial charge in [0, 0.05) is 10.1 Å². The fourth-order valence-electron chi connectivity index (χ4n) is 2.57. The maximum Gasteiger partial charge on any atom is 0.244 e. The first-order chi connectivity index (χ1) is 9.25. The van der Waals surface area contributed by atoms with E-state index in [0.29, 0.717) is 11.0 Å². The van der Waals surface area contributed by atoms with Gasteiger partial charge in [0.25, 0.3) is 0 Å². The first kappa shape index (κ1) is 10.8. The molecule has 0 N–H and O–H groups in total. The van der Waals surface area contributed by atoms with Crippen molar-refractivity contribution in [1.82, 2.24) is 0 Å². The van der Waals surface area contributed by atoms with Crippen LogP contribution in [0.5, 0.6) is 0 Å². The molecule has 19 heavy (non-hydrogen) atoms. The third kappa shape index (κ3) is 1.39. The van der Waals surface area contributed by atoms with Gasteiger partial charge in [-0.3, -0.25) is 4.79 Å². The predicted molar refractivity (Wildman–Crippen MR) is 80.1 cm³/mol. The first-order valence-corrected chi connectivity index (χ1v) is 6.90. The van der Waals surface area contributed by atoms with Crippen LogP contribution in [0, 0.1) is 6.92 Å². The molecular formula is C16H10O2S. The summed E-state index contributed by atoms with van der Waals surface area (Å²) in [4.78, 5) is 12.3. The van der Waals surface area contributed by atoms with Crippen LogP contribution in [-0.4, -0.2) is 0 Å². The van der Waals surface area contributed by atoms with Crippen molar-refractivity contribution in [2.75, 3.05) is 0 Å². The largest absolute Gasteiger partial charge is 0.463 e. The smallest absolute Gasteiger partial charge is 0.244 e. The molecule has 4 rings (SSSR count). The summed E-state index contributed by atoms with van der Waals surface area (Å²) >= 11 is 1.30. The molecule has 4 aromatic rings. The summed E-state index contributed by atoms with van der Waals surface area (Å²) in [6.07, 6.45) is 1.66. The minimum atomic E-state index is 0.0742. The van der Waals surface area contributed by atoms with E-state index >= 15 is 0 Å². The Hall–Kier alpha value is -2.13. The second-order valence-electron chi connectivity index (χ2n) is 4.68. The van der Waals surface area contributed by atoms with Gasteiger partial charge in [0.1, 0.15) is 5.58 Å². The lowest BCUT2D eigenvalue weighted by atomic mass is 10.1. The molecule has 2 heterocycles. The third-order valence-corrected chi connectivity index (χ3v) is 4.53. The van der Waals surface area contributed by atoms with Crippen molar-refractivity contribution in [2.45, 2.75) is 6.92 Å². The molecule has 0 fully saturated rings.